The van der Waals surface area contributed by atoms with Gasteiger partial charge in [0, 0.05) is 36.5 Å². The van der Waals surface area contributed by atoms with Crippen LogP contribution in [0.3, 0.4) is 0 Å². The van der Waals surface area contributed by atoms with E-state index in [0.717, 1.165) is 15.7 Å². The maximum Gasteiger partial charge on any atom is 0.0945 e. The minimum Gasteiger partial charge on any atom is -0.389 e. The Morgan fingerprint density at radius 2 is 2.05 bits per heavy atom. The number of aliphatic hydroxyl groups excluding tert-OH is 1. The van der Waals surface area contributed by atoms with Crippen LogP contribution in [0.5, 0.6) is 0 Å². The molecule has 0 aliphatic carbocycles. The first-order valence-corrected chi connectivity index (χ1v) is 7.23. The molecule has 1 aromatic carbocycles. The Morgan fingerprint density at radius 1 is 1.25 bits per heavy atom. The lowest BCUT2D eigenvalue weighted by Crippen LogP contribution is -2.26. The van der Waals surface area contributed by atoms with Gasteiger partial charge in [-0.2, -0.15) is 0 Å². The second-order valence-corrected chi connectivity index (χ2v) is 5.16. The molecule has 6 heteroatoms. The largest absolute Gasteiger partial charge is 0.389 e. The van der Waals surface area contributed by atoms with E-state index in [1.54, 1.807) is 14.2 Å². The van der Waals surface area contributed by atoms with Crippen LogP contribution in [0.25, 0.3) is 0 Å². The fraction of sp³-hybridized carbons (Fsp3) is 0.571. The quantitative estimate of drug-likeness (QED) is 0.634. The highest BCUT2D eigenvalue weighted by Gasteiger charge is 2.09. The lowest BCUT2D eigenvalue weighted by atomic mass is 10.2. The number of nitrogens with one attached hydrogen (secondary N) is 1. The molecule has 0 saturated heterocycles. The van der Waals surface area contributed by atoms with E-state index in [9.17, 15) is 5.11 Å². The number of benzene rings is 1. The van der Waals surface area contributed by atoms with E-state index in [1.165, 1.54) is 0 Å². The van der Waals surface area contributed by atoms with Gasteiger partial charge in [0.1, 0.15) is 0 Å². The first-order valence-electron chi connectivity index (χ1n) is 6.44. The maximum atomic E-state index is 9.83. The van der Waals surface area contributed by atoms with E-state index < -0.39 is 6.10 Å². The van der Waals surface area contributed by atoms with Gasteiger partial charge >= 0.3 is 0 Å². The third kappa shape index (κ3) is 6.19. The molecule has 114 valence electrons. The summed E-state index contributed by atoms with van der Waals surface area (Å²) in [4.78, 5) is 0. The summed E-state index contributed by atoms with van der Waals surface area (Å²) in [5.41, 5.74) is 1.97. The van der Waals surface area contributed by atoms with Crippen molar-refractivity contribution >= 4 is 21.6 Å². The normalized spacial score (nSPS) is 12.4. The Hall–Kier alpha value is -0.660. The Morgan fingerprint density at radius 3 is 2.75 bits per heavy atom. The second-order valence-electron chi connectivity index (χ2n) is 4.30. The molecule has 5 nitrogen and oxygen atoms in total. The summed E-state index contributed by atoms with van der Waals surface area (Å²) in [6.45, 7) is 2.22. The zero-order valence-electron chi connectivity index (χ0n) is 11.9. The van der Waals surface area contributed by atoms with E-state index in [0.29, 0.717) is 26.4 Å². The van der Waals surface area contributed by atoms with Crippen LogP contribution in [0.2, 0.25) is 0 Å². The highest BCUT2D eigenvalue weighted by Crippen LogP contribution is 2.25. The molecule has 1 rings (SSSR count). The van der Waals surface area contributed by atoms with Crippen molar-refractivity contribution < 1.29 is 19.3 Å². The molecule has 0 spiro atoms. The third-order valence-electron chi connectivity index (χ3n) is 2.68. The average molecular weight is 348 g/mol. The fourth-order valence-corrected chi connectivity index (χ4v) is 2.14. The first kappa shape index (κ1) is 17.4. The van der Waals surface area contributed by atoms with Gasteiger partial charge in [-0.3, -0.25) is 0 Å². The number of methoxy groups -OCH3 is 2. The summed E-state index contributed by atoms with van der Waals surface area (Å²) < 4.78 is 16.3. The highest BCUT2D eigenvalue weighted by atomic mass is 79.9. The molecule has 0 aliphatic rings. The van der Waals surface area contributed by atoms with Crippen molar-refractivity contribution in [2.24, 2.45) is 0 Å². The minimum absolute atomic E-state index is 0.282. The van der Waals surface area contributed by atoms with Crippen LogP contribution >= 0.6 is 15.9 Å². The van der Waals surface area contributed by atoms with Crippen LogP contribution < -0.4 is 5.32 Å². The summed E-state index contributed by atoms with van der Waals surface area (Å²) in [6, 6.07) is 5.86. The van der Waals surface area contributed by atoms with Crippen LogP contribution in [0.4, 0.5) is 5.69 Å². The van der Waals surface area contributed by atoms with Gasteiger partial charge in [-0.25, -0.2) is 0 Å². The molecule has 0 bridgehead atoms. The predicted molar refractivity (Wildman–Crippen MR) is 82.0 cm³/mol. The van der Waals surface area contributed by atoms with Crippen molar-refractivity contribution in [3.05, 3.63) is 28.2 Å². The molecule has 0 fully saturated rings. The summed E-state index contributed by atoms with van der Waals surface area (Å²) in [5, 5.41) is 13.0. The van der Waals surface area contributed by atoms with Gasteiger partial charge in [-0.05, 0) is 12.1 Å². The Bertz CT molecular complexity index is 389. The lowest BCUT2D eigenvalue weighted by Gasteiger charge is -2.16. The standard InChI is InChI=1S/C14H22BrNO4/c1-18-6-7-20-9-11(17)8-16-14-5-3-4-13(15)12(14)10-19-2/h3-5,11,16-17H,6-10H2,1-2H3. The van der Waals surface area contributed by atoms with Crippen molar-refractivity contribution in [2.75, 3.05) is 45.9 Å². The van der Waals surface area contributed by atoms with Crippen LogP contribution in [0.15, 0.2) is 22.7 Å². The van der Waals surface area contributed by atoms with Gasteiger partial charge in [-0.1, -0.05) is 22.0 Å². The number of aliphatic hydroxyl groups is 1. The number of ether oxygens (including phenoxy) is 3. The molecule has 2 N–H and O–H groups in total. The molecule has 0 aromatic heterocycles. The van der Waals surface area contributed by atoms with Gasteiger partial charge in [0.25, 0.3) is 0 Å². The molecule has 1 unspecified atom stereocenters. The average Bonchev–Trinajstić information content (AvgIpc) is 2.44. The number of halogens is 1. The Kier molecular flexibility index (Phi) is 8.80. The van der Waals surface area contributed by atoms with Crippen molar-refractivity contribution in [3.63, 3.8) is 0 Å². The monoisotopic (exact) mass is 347 g/mol. The van der Waals surface area contributed by atoms with Crippen molar-refractivity contribution in [1.82, 2.24) is 0 Å². The van der Waals surface area contributed by atoms with E-state index in [2.05, 4.69) is 21.2 Å². The van der Waals surface area contributed by atoms with Gasteiger partial charge in [-0.15, -0.1) is 0 Å². The number of hydrogen-bond donors (Lipinski definition) is 2. The molecule has 0 heterocycles. The number of rotatable bonds is 10. The van der Waals surface area contributed by atoms with Gasteiger partial charge in [0.2, 0.25) is 0 Å². The molecule has 0 radical (unpaired) electrons. The Balaban J connectivity index is 2.42. The van der Waals surface area contributed by atoms with Crippen LogP contribution in [-0.2, 0) is 20.8 Å². The molecule has 20 heavy (non-hydrogen) atoms. The van der Waals surface area contributed by atoms with E-state index in [1.807, 2.05) is 18.2 Å². The van der Waals surface area contributed by atoms with Crippen LogP contribution in [-0.4, -0.2) is 51.8 Å². The number of hydrogen-bond acceptors (Lipinski definition) is 5. The minimum atomic E-state index is -0.568. The van der Waals surface area contributed by atoms with Gasteiger partial charge in [0.05, 0.1) is 32.5 Å². The van der Waals surface area contributed by atoms with Crippen molar-refractivity contribution in [3.8, 4) is 0 Å². The molecule has 1 aromatic rings. The van der Waals surface area contributed by atoms with Gasteiger partial charge < -0.3 is 24.6 Å². The SMILES string of the molecule is COCCOCC(O)CNc1cccc(Br)c1COC. The predicted octanol–water partition coefficient (Wildman–Crippen LogP) is 2.03. The zero-order chi connectivity index (χ0) is 14.8. The van der Waals surface area contributed by atoms with Crippen molar-refractivity contribution in [2.45, 2.75) is 12.7 Å². The van der Waals surface area contributed by atoms with E-state index >= 15 is 0 Å². The summed E-state index contributed by atoms with van der Waals surface area (Å²) >= 11 is 3.49. The van der Waals surface area contributed by atoms with E-state index in [-0.39, 0.29) is 6.61 Å². The zero-order valence-corrected chi connectivity index (χ0v) is 13.5. The molecular weight excluding hydrogens is 326 g/mol. The summed E-state index contributed by atoms with van der Waals surface area (Å²) in [5.74, 6) is 0. The first-order chi connectivity index (χ1) is 9.69. The smallest absolute Gasteiger partial charge is 0.0945 e. The molecule has 0 amide bonds. The number of anilines is 1. The highest BCUT2D eigenvalue weighted by molar-refractivity contribution is 9.10. The molecule has 0 saturated carbocycles. The maximum absolute atomic E-state index is 9.83. The summed E-state index contributed by atoms with van der Waals surface area (Å²) in [7, 11) is 3.27. The van der Waals surface area contributed by atoms with E-state index in [4.69, 9.17) is 14.2 Å². The third-order valence-corrected chi connectivity index (χ3v) is 3.42. The lowest BCUT2D eigenvalue weighted by molar-refractivity contribution is 0.0182. The van der Waals surface area contributed by atoms with Gasteiger partial charge in [0.15, 0.2) is 0 Å². The Labute approximate surface area is 128 Å². The fourth-order valence-electron chi connectivity index (χ4n) is 1.66. The molecule has 0 aliphatic heterocycles. The molecular formula is C14H22BrNO4. The van der Waals surface area contributed by atoms with Crippen LogP contribution in [0.1, 0.15) is 5.56 Å². The van der Waals surface area contributed by atoms with Crippen molar-refractivity contribution in [1.29, 1.82) is 0 Å². The topological polar surface area (TPSA) is 60.0 Å². The molecule has 1 atom stereocenters. The van der Waals surface area contributed by atoms with Crippen LogP contribution in [0, 0.1) is 0 Å². The second kappa shape index (κ2) is 10.1. The summed E-state index contributed by atoms with van der Waals surface area (Å²) in [6.07, 6.45) is -0.568.